The third-order valence-corrected chi connectivity index (χ3v) is 10.0. The zero-order valence-electron chi connectivity index (χ0n) is 34.6. The van der Waals surface area contributed by atoms with Crippen LogP contribution in [0.3, 0.4) is 0 Å². The molecular formula is C45H86O6. The third kappa shape index (κ3) is 39.5. The highest BCUT2D eigenvalue weighted by Crippen LogP contribution is 2.16. The van der Waals surface area contributed by atoms with E-state index in [4.69, 9.17) is 14.2 Å². The summed E-state index contributed by atoms with van der Waals surface area (Å²) in [6, 6.07) is 0. The maximum absolute atomic E-state index is 12.5. The molecule has 0 N–H and O–H groups in total. The fourth-order valence-electron chi connectivity index (χ4n) is 6.63. The van der Waals surface area contributed by atoms with Crippen LogP contribution >= 0.6 is 0 Å². The molecule has 0 aromatic rings. The van der Waals surface area contributed by atoms with E-state index < -0.39 is 6.10 Å². The van der Waals surface area contributed by atoms with Crippen LogP contribution in [0.2, 0.25) is 0 Å². The van der Waals surface area contributed by atoms with E-state index in [0.29, 0.717) is 19.3 Å². The van der Waals surface area contributed by atoms with Crippen LogP contribution in [0.15, 0.2) is 0 Å². The van der Waals surface area contributed by atoms with E-state index in [-0.39, 0.29) is 31.1 Å². The molecule has 6 nitrogen and oxygen atoms in total. The van der Waals surface area contributed by atoms with Gasteiger partial charge >= 0.3 is 17.9 Å². The summed E-state index contributed by atoms with van der Waals surface area (Å²) >= 11 is 0. The average Bonchev–Trinajstić information content (AvgIpc) is 3.11. The van der Waals surface area contributed by atoms with Crippen molar-refractivity contribution < 1.29 is 28.6 Å². The summed E-state index contributed by atoms with van der Waals surface area (Å²) in [4.78, 5) is 37.4. The lowest BCUT2D eigenvalue weighted by atomic mass is 10.0. The third-order valence-electron chi connectivity index (χ3n) is 10.0. The molecule has 0 saturated carbocycles. The fraction of sp³-hybridized carbons (Fsp3) is 0.933. The molecule has 0 bridgehead atoms. The summed E-state index contributed by atoms with van der Waals surface area (Å²) in [7, 11) is 0. The molecule has 0 amide bonds. The van der Waals surface area contributed by atoms with E-state index in [1.807, 2.05) is 0 Å². The van der Waals surface area contributed by atoms with Gasteiger partial charge in [0.15, 0.2) is 6.10 Å². The summed E-state index contributed by atoms with van der Waals surface area (Å²) in [6.45, 7) is 8.86. The van der Waals surface area contributed by atoms with Gasteiger partial charge in [0.25, 0.3) is 0 Å². The van der Waals surface area contributed by atoms with Crippen LogP contribution in [-0.4, -0.2) is 37.2 Å². The van der Waals surface area contributed by atoms with E-state index in [1.54, 1.807) is 0 Å². The largest absolute Gasteiger partial charge is 0.462 e. The van der Waals surface area contributed by atoms with Crippen molar-refractivity contribution in [2.45, 2.75) is 252 Å². The van der Waals surface area contributed by atoms with E-state index in [1.165, 1.54) is 135 Å². The molecule has 0 aliphatic rings. The Morgan fingerprint density at radius 1 is 0.373 bits per heavy atom. The van der Waals surface area contributed by atoms with Gasteiger partial charge in [0, 0.05) is 19.3 Å². The predicted octanol–water partition coefficient (Wildman–Crippen LogP) is 13.9. The zero-order valence-corrected chi connectivity index (χ0v) is 34.6. The van der Waals surface area contributed by atoms with E-state index in [2.05, 4.69) is 27.7 Å². The number of hydrogen-bond donors (Lipinski definition) is 0. The SMILES string of the molecule is CCCCCCCCCCCCCCCCCCCCC(=O)OC[C@H](COC(=O)CCCCCCCCCC(C)C)OC(=O)CCCCCCC. The Labute approximate surface area is 317 Å². The topological polar surface area (TPSA) is 78.9 Å². The van der Waals surface area contributed by atoms with Crippen molar-refractivity contribution in [1.29, 1.82) is 0 Å². The van der Waals surface area contributed by atoms with Crippen molar-refractivity contribution in [3.63, 3.8) is 0 Å². The Morgan fingerprint density at radius 3 is 0.961 bits per heavy atom. The highest BCUT2D eigenvalue weighted by molar-refractivity contribution is 5.71. The average molecular weight is 723 g/mol. The smallest absolute Gasteiger partial charge is 0.306 e. The molecule has 0 aliphatic carbocycles. The Kier molecular flexibility index (Phi) is 38.4. The monoisotopic (exact) mass is 723 g/mol. The van der Waals surface area contributed by atoms with E-state index in [9.17, 15) is 14.4 Å². The van der Waals surface area contributed by atoms with Crippen molar-refractivity contribution >= 4 is 17.9 Å². The van der Waals surface area contributed by atoms with Crippen LogP contribution in [0, 0.1) is 5.92 Å². The number of hydrogen-bond acceptors (Lipinski definition) is 6. The second-order valence-electron chi connectivity index (χ2n) is 15.8. The van der Waals surface area contributed by atoms with Gasteiger partial charge in [-0.05, 0) is 25.2 Å². The molecule has 1 atom stereocenters. The first-order valence-electron chi connectivity index (χ1n) is 22.4. The summed E-state index contributed by atoms with van der Waals surface area (Å²) in [5.74, 6) is -0.0918. The van der Waals surface area contributed by atoms with Gasteiger partial charge in [-0.3, -0.25) is 14.4 Å². The highest BCUT2D eigenvalue weighted by atomic mass is 16.6. The number of esters is 3. The van der Waals surface area contributed by atoms with Crippen molar-refractivity contribution in [3.8, 4) is 0 Å². The molecule has 0 spiro atoms. The van der Waals surface area contributed by atoms with E-state index in [0.717, 1.165) is 70.1 Å². The molecule has 0 aromatic carbocycles. The Hall–Kier alpha value is -1.59. The van der Waals surface area contributed by atoms with Crippen LogP contribution < -0.4 is 0 Å². The van der Waals surface area contributed by atoms with Gasteiger partial charge in [-0.1, -0.05) is 207 Å². The van der Waals surface area contributed by atoms with E-state index >= 15 is 0 Å². The molecule has 302 valence electrons. The lowest BCUT2D eigenvalue weighted by molar-refractivity contribution is -0.167. The van der Waals surface area contributed by atoms with Gasteiger partial charge in [0.2, 0.25) is 0 Å². The van der Waals surface area contributed by atoms with Gasteiger partial charge in [-0.2, -0.15) is 0 Å². The lowest BCUT2D eigenvalue weighted by Crippen LogP contribution is -2.30. The van der Waals surface area contributed by atoms with Gasteiger partial charge in [0.1, 0.15) is 13.2 Å². The molecule has 0 unspecified atom stereocenters. The van der Waals surface area contributed by atoms with Crippen LogP contribution in [0.25, 0.3) is 0 Å². The summed E-state index contributed by atoms with van der Waals surface area (Å²) in [5, 5.41) is 0. The molecule has 0 fully saturated rings. The van der Waals surface area contributed by atoms with Crippen molar-refractivity contribution in [2.75, 3.05) is 13.2 Å². The van der Waals surface area contributed by atoms with Crippen LogP contribution in [-0.2, 0) is 28.6 Å². The van der Waals surface area contributed by atoms with Gasteiger partial charge < -0.3 is 14.2 Å². The minimum Gasteiger partial charge on any atom is -0.462 e. The van der Waals surface area contributed by atoms with Crippen molar-refractivity contribution in [2.24, 2.45) is 5.92 Å². The maximum atomic E-state index is 12.5. The zero-order chi connectivity index (χ0) is 37.5. The molecule has 0 aromatic heterocycles. The summed E-state index contributed by atoms with van der Waals surface area (Å²) in [6.07, 6.45) is 38.5. The predicted molar refractivity (Wildman–Crippen MR) is 215 cm³/mol. The Balaban J connectivity index is 4.08. The summed E-state index contributed by atoms with van der Waals surface area (Å²) in [5.41, 5.74) is 0. The van der Waals surface area contributed by atoms with Crippen molar-refractivity contribution in [1.82, 2.24) is 0 Å². The second kappa shape index (κ2) is 39.6. The molecule has 6 heteroatoms. The number of carbonyl (C=O) groups is 3. The molecule has 0 rings (SSSR count). The molecule has 0 heterocycles. The number of rotatable bonds is 40. The second-order valence-corrected chi connectivity index (χ2v) is 15.8. The van der Waals surface area contributed by atoms with Gasteiger partial charge in [0.05, 0.1) is 0 Å². The minimum absolute atomic E-state index is 0.0659. The highest BCUT2D eigenvalue weighted by Gasteiger charge is 2.19. The summed E-state index contributed by atoms with van der Waals surface area (Å²) < 4.78 is 16.6. The van der Waals surface area contributed by atoms with Crippen molar-refractivity contribution in [3.05, 3.63) is 0 Å². The first kappa shape index (κ1) is 49.4. The Bertz CT molecular complexity index is 766. The molecule has 0 aliphatic heterocycles. The first-order valence-corrected chi connectivity index (χ1v) is 22.4. The number of unbranched alkanes of at least 4 members (excludes halogenated alkanes) is 27. The van der Waals surface area contributed by atoms with Gasteiger partial charge in [-0.25, -0.2) is 0 Å². The molecular weight excluding hydrogens is 636 g/mol. The Morgan fingerprint density at radius 2 is 0.647 bits per heavy atom. The minimum atomic E-state index is -0.757. The molecule has 0 radical (unpaired) electrons. The standard InChI is InChI=1S/C45H86O6/c1-5-7-9-11-12-13-14-15-16-17-18-19-20-21-22-25-29-32-36-43(46)49-39-42(51-45(48)38-34-27-10-8-6-2)40-50-44(47)37-33-30-26-23-24-28-31-35-41(3)4/h41-42H,5-40H2,1-4H3/t42-/m1/s1. The normalized spacial score (nSPS) is 11.9. The maximum Gasteiger partial charge on any atom is 0.306 e. The lowest BCUT2D eigenvalue weighted by Gasteiger charge is -2.18. The molecule has 0 saturated heterocycles. The van der Waals surface area contributed by atoms with Crippen LogP contribution in [0.1, 0.15) is 246 Å². The molecule has 51 heavy (non-hydrogen) atoms. The fourth-order valence-corrected chi connectivity index (χ4v) is 6.63. The van der Waals surface area contributed by atoms with Gasteiger partial charge in [-0.15, -0.1) is 0 Å². The van der Waals surface area contributed by atoms with Crippen LogP contribution in [0.5, 0.6) is 0 Å². The number of carbonyl (C=O) groups excluding carboxylic acids is 3. The first-order chi connectivity index (χ1) is 24.9. The van der Waals surface area contributed by atoms with Crippen LogP contribution in [0.4, 0.5) is 0 Å². The number of ether oxygens (including phenoxy) is 3. The quantitative estimate of drug-likeness (QED) is 0.0356.